The molecule has 0 aliphatic rings. The maximum atomic E-state index is 12.4. The Morgan fingerprint density at radius 1 is 1.24 bits per heavy atom. The predicted molar refractivity (Wildman–Crippen MR) is 87.0 cm³/mol. The zero-order valence-electron chi connectivity index (χ0n) is 11.0. The van der Waals surface area contributed by atoms with Gasteiger partial charge < -0.3 is 5.11 Å². The van der Waals surface area contributed by atoms with Crippen molar-refractivity contribution in [1.29, 1.82) is 0 Å². The second kappa shape index (κ2) is 6.36. The number of hydrogen-bond donors (Lipinski definition) is 2. The molecule has 1 atom stereocenters. The number of para-hydroxylation sites is 1. The van der Waals surface area contributed by atoms with Crippen molar-refractivity contribution in [3.63, 3.8) is 0 Å². The van der Waals surface area contributed by atoms with Crippen LogP contribution in [0.2, 0.25) is 5.02 Å². The first-order valence-electron chi connectivity index (χ1n) is 6.06. The fourth-order valence-corrected chi connectivity index (χ4v) is 3.97. The van der Waals surface area contributed by atoms with Crippen LogP contribution in [0.4, 0.5) is 5.69 Å². The summed E-state index contributed by atoms with van der Waals surface area (Å²) in [7, 11) is -3.83. The molecule has 0 fully saturated rings. The van der Waals surface area contributed by atoms with E-state index in [9.17, 15) is 13.5 Å². The van der Waals surface area contributed by atoms with Gasteiger partial charge in [-0.25, -0.2) is 8.42 Å². The molecule has 0 radical (unpaired) electrons. The maximum absolute atomic E-state index is 12.4. The Labute approximate surface area is 136 Å². The topological polar surface area (TPSA) is 66.4 Å². The summed E-state index contributed by atoms with van der Waals surface area (Å²) in [5.41, 5.74) is 0.820. The van der Waals surface area contributed by atoms with E-state index in [-0.39, 0.29) is 9.92 Å². The highest BCUT2D eigenvalue weighted by Crippen LogP contribution is 2.29. The normalized spacial score (nSPS) is 13.0. The Kier molecular flexibility index (Phi) is 4.93. The van der Waals surface area contributed by atoms with Crippen molar-refractivity contribution in [3.05, 3.63) is 57.5 Å². The number of nitrogens with one attached hydrogen (secondary N) is 1. The smallest absolute Gasteiger partial charge is 0.263 e. The molecule has 0 aromatic heterocycles. The molecule has 0 aliphatic carbocycles. The fourth-order valence-electron chi connectivity index (χ4n) is 1.85. The molecule has 4 nitrogen and oxygen atoms in total. The number of benzene rings is 2. The number of rotatable bonds is 4. The first-order valence-corrected chi connectivity index (χ1v) is 8.71. The Morgan fingerprint density at radius 3 is 2.52 bits per heavy atom. The Hall–Kier alpha value is -1.08. The molecule has 2 aromatic rings. The van der Waals surface area contributed by atoms with Crippen LogP contribution >= 0.6 is 27.5 Å². The predicted octanol–water partition coefficient (Wildman–Crippen LogP) is 3.96. The lowest BCUT2D eigenvalue weighted by Crippen LogP contribution is -2.15. The van der Waals surface area contributed by atoms with E-state index in [1.54, 1.807) is 37.3 Å². The Morgan fingerprint density at radius 2 is 1.90 bits per heavy atom. The van der Waals surface area contributed by atoms with Gasteiger partial charge in [-0.2, -0.15) is 0 Å². The highest BCUT2D eigenvalue weighted by molar-refractivity contribution is 9.10. The minimum atomic E-state index is -3.83. The standard InChI is InChI=1S/C14H13BrClNO3S/c1-9(18)11-4-2-3-5-13(11)17-21(19,20)14-7-6-10(15)8-12(14)16/h2-9,17-18H,1H3. The van der Waals surface area contributed by atoms with E-state index in [4.69, 9.17) is 11.6 Å². The summed E-state index contributed by atoms with van der Waals surface area (Å²) in [4.78, 5) is -0.0206. The van der Waals surface area contributed by atoms with Gasteiger partial charge in [0.1, 0.15) is 4.90 Å². The molecule has 2 N–H and O–H groups in total. The summed E-state index contributed by atoms with van der Waals surface area (Å²) in [6.45, 7) is 1.57. The summed E-state index contributed by atoms with van der Waals surface area (Å²) in [6, 6.07) is 11.2. The summed E-state index contributed by atoms with van der Waals surface area (Å²) in [5.74, 6) is 0. The van der Waals surface area contributed by atoms with Gasteiger partial charge >= 0.3 is 0 Å². The van der Waals surface area contributed by atoms with E-state index in [0.29, 0.717) is 15.7 Å². The van der Waals surface area contributed by atoms with Crippen LogP contribution in [-0.4, -0.2) is 13.5 Å². The maximum Gasteiger partial charge on any atom is 0.263 e. The van der Waals surface area contributed by atoms with Crippen LogP contribution in [0.3, 0.4) is 0 Å². The fraction of sp³-hybridized carbons (Fsp3) is 0.143. The van der Waals surface area contributed by atoms with Crippen molar-refractivity contribution < 1.29 is 13.5 Å². The third-order valence-corrected chi connectivity index (χ3v) is 5.18. The molecule has 0 spiro atoms. The van der Waals surface area contributed by atoms with Crippen molar-refractivity contribution in [3.8, 4) is 0 Å². The van der Waals surface area contributed by atoms with Crippen LogP contribution < -0.4 is 4.72 Å². The zero-order chi connectivity index (χ0) is 15.6. The van der Waals surface area contributed by atoms with Crippen molar-refractivity contribution in [2.24, 2.45) is 0 Å². The summed E-state index contributed by atoms with van der Waals surface area (Å²) in [6.07, 6.45) is -0.788. The first-order chi connectivity index (χ1) is 9.81. The molecular weight excluding hydrogens is 378 g/mol. The molecule has 1 unspecified atom stereocenters. The van der Waals surface area contributed by atoms with E-state index < -0.39 is 16.1 Å². The molecule has 0 heterocycles. The third kappa shape index (κ3) is 3.77. The van der Waals surface area contributed by atoms with Gasteiger partial charge in [0.05, 0.1) is 16.8 Å². The molecule has 2 aromatic carbocycles. The van der Waals surface area contributed by atoms with Gasteiger partial charge in [0.25, 0.3) is 10.0 Å². The second-order valence-corrected chi connectivity index (χ2v) is 7.42. The number of aliphatic hydroxyl groups excluding tert-OH is 1. The van der Waals surface area contributed by atoms with Crippen molar-refractivity contribution in [2.45, 2.75) is 17.9 Å². The van der Waals surface area contributed by atoms with Gasteiger partial charge in [0, 0.05) is 10.0 Å². The lowest BCUT2D eigenvalue weighted by molar-refractivity contribution is 0.200. The summed E-state index contributed by atoms with van der Waals surface area (Å²) >= 11 is 9.21. The molecule has 2 rings (SSSR count). The van der Waals surface area contributed by atoms with E-state index in [0.717, 1.165) is 0 Å². The molecular formula is C14H13BrClNO3S. The molecule has 21 heavy (non-hydrogen) atoms. The number of anilines is 1. The Bertz CT molecular complexity index is 763. The quantitative estimate of drug-likeness (QED) is 0.830. The average Bonchev–Trinajstić information content (AvgIpc) is 2.37. The highest BCUT2D eigenvalue weighted by atomic mass is 79.9. The van der Waals surface area contributed by atoms with E-state index >= 15 is 0 Å². The molecule has 0 amide bonds. The van der Waals surface area contributed by atoms with E-state index in [1.165, 1.54) is 12.1 Å². The number of halogens is 2. The Balaban J connectivity index is 2.43. The van der Waals surface area contributed by atoms with Crippen molar-refractivity contribution >= 4 is 43.2 Å². The van der Waals surface area contributed by atoms with Gasteiger partial charge in [-0.05, 0) is 31.2 Å². The SMILES string of the molecule is CC(O)c1ccccc1NS(=O)(=O)c1ccc(Br)cc1Cl. The van der Waals surface area contributed by atoms with E-state index in [1.807, 2.05) is 0 Å². The minimum Gasteiger partial charge on any atom is -0.389 e. The van der Waals surface area contributed by atoms with Crippen molar-refractivity contribution in [1.82, 2.24) is 0 Å². The number of sulfonamides is 1. The minimum absolute atomic E-state index is 0.0206. The van der Waals surface area contributed by atoms with Gasteiger partial charge in [-0.3, -0.25) is 4.72 Å². The molecule has 0 saturated heterocycles. The zero-order valence-corrected chi connectivity index (χ0v) is 14.2. The molecule has 0 saturated carbocycles. The molecule has 7 heteroatoms. The summed E-state index contributed by atoms with van der Waals surface area (Å²) < 4.78 is 28.0. The molecule has 112 valence electrons. The number of aliphatic hydroxyl groups is 1. The van der Waals surface area contributed by atoms with Gasteiger partial charge in [0.15, 0.2) is 0 Å². The van der Waals surface area contributed by atoms with Crippen LogP contribution in [0.1, 0.15) is 18.6 Å². The van der Waals surface area contributed by atoms with Gasteiger partial charge in [-0.1, -0.05) is 45.7 Å². The third-order valence-electron chi connectivity index (χ3n) is 2.84. The molecule has 0 aliphatic heterocycles. The van der Waals surface area contributed by atoms with Crippen LogP contribution in [-0.2, 0) is 10.0 Å². The molecule has 0 bridgehead atoms. The van der Waals surface area contributed by atoms with Gasteiger partial charge in [0.2, 0.25) is 0 Å². The van der Waals surface area contributed by atoms with Crippen molar-refractivity contribution in [2.75, 3.05) is 4.72 Å². The first kappa shape index (κ1) is 16.3. The van der Waals surface area contributed by atoms with Crippen LogP contribution in [0.5, 0.6) is 0 Å². The van der Waals surface area contributed by atoms with E-state index in [2.05, 4.69) is 20.7 Å². The lowest BCUT2D eigenvalue weighted by Gasteiger charge is -2.15. The summed E-state index contributed by atoms with van der Waals surface area (Å²) in [5, 5.41) is 9.81. The highest BCUT2D eigenvalue weighted by Gasteiger charge is 2.20. The van der Waals surface area contributed by atoms with Gasteiger partial charge in [-0.15, -0.1) is 0 Å². The number of hydrogen-bond acceptors (Lipinski definition) is 3. The second-order valence-electron chi connectivity index (χ2n) is 4.44. The average molecular weight is 391 g/mol. The van der Waals surface area contributed by atoms with Crippen LogP contribution in [0.15, 0.2) is 51.8 Å². The van der Waals surface area contributed by atoms with Crippen LogP contribution in [0.25, 0.3) is 0 Å². The van der Waals surface area contributed by atoms with Crippen LogP contribution in [0, 0.1) is 0 Å². The lowest BCUT2D eigenvalue weighted by atomic mass is 10.1. The largest absolute Gasteiger partial charge is 0.389 e. The monoisotopic (exact) mass is 389 g/mol.